The van der Waals surface area contributed by atoms with Crippen LogP contribution in [0.25, 0.3) is 22.3 Å². The van der Waals surface area contributed by atoms with Gasteiger partial charge in [0.2, 0.25) is 5.13 Å². The molecule has 0 aliphatic heterocycles. The molecular formula is C24H22N2O3S. The fourth-order valence-corrected chi connectivity index (χ4v) is 4.37. The molecule has 0 atom stereocenters. The molecule has 0 fully saturated rings. The van der Waals surface area contributed by atoms with Crippen LogP contribution in [0.15, 0.2) is 51.9 Å². The van der Waals surface area contributed by atoms with Gasteiger partial charge in [-0.05, 0) is 62.2 Å². The minimum atomic E-state index is 0.00472. The lowest BCUT2D eigenvalue weighted by atomic mass is 10.0. The Morgan fingerprint density at radius 2 is 1.83 bits per heavy atom. The number of aromatic nitrogens is 1. The maximum absolute atomic E-state index is 11.8. The third kappa shape index (κ3) is 3.78. The first-order valence-electron chi connectivity index (χ1n) is 9.58. The van der Waals surface area contributed by atoms with Crippen LogP contribution in [0.3, 0.4) is 0 Å². The summed E-state index contributed by atoms with van der Waals surface area (Å²) in [5, 5.41) is 2.27. The monoisotopic (exact) mass is 418 g/mol. The van der Waals surface area contributed by atoms with Gasteiger partial charge < -0.3 is 9.15 Å². The first-order valence-corrected chi connectivity index (χ1v) is 10.4. The van der Waals surface area contributed by atoms with Gasteiger partial charge in [-0.3, -0.25) is 4.79 Å². The number of methoxy groups -OCH3 is 1. The number of hydrogen-bond acceptors (Lipinski definition) is 6. The van der Waals surface area contributed by atoms with Crippen LogP contribution in [0.2, 0.25) is 0 Å². The molecule has 4 rings (SSSR count). The first kappa shape index (κ1) is 20.0. The minimum Gasteiger partial charge on any atom is -0.497 e. The average Bonchev–Trinajstić information content (AvgIpc) is 3.07. The third-order valence-electron chi connectivity index (χ3n) is 4.88. The number of aryl methyl sites for hydroxylation is 3. The van der Waals surface area contributed by atoms with E-state index in [0.717, 1.165) is 38.8 Å². The molecule has 0 N–H and O–H groups in total. The number of ether oxygens (including phenoxy) is 1. The largest absolute Gasteiger partial charge is 0.497 e. The van der Waals surface area contributed by atoms with Crippen molar-refractivity contribution >= 4 is 33.2 Å². The summed E-state index contributed by atoms with van der Waals surface area (Å²) in [5.74, 6) is 1.49. The number of carbonyl (C=O) groups is 1. The quantitative estimate of drug-likeness (QED) is 0.386. The highest BCUT2D eigenvalue weighted by atomic mass is 32.1. The molecule has 0 saturated carbocycles. The molecule has 0 amide bonds. The number of rotatable bonds is 4. The van der Waals surface area contributed by atoms with E-state index in [-0.39, 0.29) is 5.78 Å². The van der Waals surface area contributed by atoms with Gasteiger partial charge in [0, 0.05) is 23.9 Å². The van der Waals surface area contributed by atoms with Crippen molar-refractivity contribution in [1.29, 1.82) is 0 Å². The molecular weight excluding hydrogens is 396 g/mol. The summed E-state index contributed by atoms with van der Waals surface area (Å²) in [4.78, 5) is 21.8. The van der Waals surface area contributed by atoms with Gasteiger partial charge in [-0.15, -0.1) is 0 Å². The summed E-state index contributed by atoms with van der Waals surface area (Å²) >= 11 is 1.31. The van der Waals surface area contributed by atoms with Gasteiger partial charge in [-0.25, -0.2) is 9.98 Å². The first-order chi connectivity index (χ1) is 14.4. The van der Waals surface area contributed by atoms with Gasteiger partial charge in [0.15, 0.2) is 5.78 Å². The molecule has 0 spiro atoms. The number of hydrogen-bond donors (Lipinski definition) is 0. The van der Waals surface area contributed by atoms with Crippen molar-refractivity contribution in [3.63, 3.8) is 0 Å². The number of fused-ring (bicyclic) bond motifs is 1. The maximum Gasteiger partial charge on any atom is 0.210 e. The SMILES string of the molecule is COc1ccc(-c2c/c(=N\c3nc(C)c(C(C)=O)s3)c3c(C)cc(C)cc3o2)cc1. The maximum atomic E-state index is 11.8. The molecule has 0 radical (unpaired) electrons. The van der Waals surface area contributed by atoms with Crippen LogP contribution in [0.4, 0.5) is 5.13 Å². The lowest BCUT2D eigenvalue weighted by Crippen LogP contribution is -2.05. The van der Waals surface area contributed by atoms with Crippen LogP contribution >= 0.6 is 11.3 Å². The van der Waals surface area contributed by atoms with E-state index < -0.39 is 0 Å². The Balaban J connectivity index is 1.98. The van der Waals surface area contributed by atoms with Crippen molar-refractivity contribution in [2.24, 2.45) is 4.99 Å². The number of carbonyl (C=O) groups excluding carboxylic acids is 1. The molecule has 6 heteroatoms. The summed E-state index contributed by atoms with van der Waals surface area (Å²) < 4.78 is 11.5. The van der Waals surface area contributed by atoms with Crippen molar-refractivity contribution < 1.29 is 13.9 Å². The Hall–Kier alpha value is -3.25. The van der Waals surface area contributed by atoms with Gasteiger partial charge in [0.05, 0.1) is 23.0 Å². The summed E-state index contributed by atoms with van der Waals surface area (Å²) in [6, 6.07) is 13.8. The molecule has 30 heavy (non-hydrogen) atoms. The Kier molecular flexibility index (Phi) is 5.26. The molecule has 2 heterocycles. The number of Topliss-reactive ketones (excluding diaryl/α,β-unsaturated/α-hetero) is 1. The van der Waals surface area contributed by atoms with Crippen LogP contribution in [-0.4, -0.2) is 17.9 Å². The van der Waals surface area contributed by atoms with E-state index in [9.17, 15) is 4.79 Å². The van der Waals surface area contributed by atoms with Gasteiger partial charge in [0.25, 0.3) is 0 Å². The highest BCUT2D eigenvalue weighted by Gasteiger charge is 2.13. The van der Waals surface area contributed by atoms with Gasteiger partial charge in [-0.1, -0.05) is 17.4 Å². The van der Waals surface area contributed by atoms with E-state index >= 15 is 0 Å². The predicted octanol–water partition coefficient (Wildman–Crippen LogP) is 5.93. The van der Waals surface area contributed by atoms with Crippen LogP contribution < -0.4 is 10.1 Å². The third-order valence-corrected chi connectivity index (χ3v) is 6.04. The molecule has 0 aliphatic carbocycles. The van der Waals surface area contributed by atoms with Crippen molar-refractivity contribution in [1.82, 2.24) is 4.98 Å². The number of thiazole rings is 1. The Morgan fingerprint density at radius 3 is 2.47 bits per heavy atom. The second-order valence-corrected chi connectivity index (χ2v) is 8.24. The number of ketones is 1. The predicted molar refractivity (Wildman–Crippen MR) is 120 cm³/mol. The van der Waals surface area contributed by atoms with Crippen LogP contribution in [0.1, 0.15) is 33.4 Å². The van der Waals surface area contributed by atoms with Gasteiger partial charge in [0.1, 0.15) is 17.1 Å². The Labute approximate surface area is 178 Å². The van der Waals surface area contributed by atoms with E-state index in [2.05, 4.69) is 11.1 Å². The van der Waals surface area contributed by atoms with E-state index in [1.165, 1.54) is 11.3 Å². The average molecular weight is 419 g/mol. The topological polar surface area (TPSA) is 64.7 Å². The normalized spacial score (nSPS) is 11.8. The van der Waals surface area contributed by atoms with E-state index in [0.29, 0.717) is 21.5 Å². The smallest absolute Gasteiger partial charge is 0.210 e. The van der Waals surface area contributed by atoms with Crippen molar-refractivity contribution in [2.75, 3.05) is 7.11 Å². The molecule has 2 aromatic heterocycles. The Morgan fingerprint density at radius 1 is 1.10 bits per heavy atom. The summed E-state index contributed by atoms with van der Waals surface area (Å²) in [6.45, 7) is 7.48. The minimum absolute atomic E-state index is 0.00472. The molecule has 0 bridgehead atoms. The zero-order valence-electron chi connectivity index (χ0n) is 17.6. The zero-order valence-corrected chi connectivity index (χ0v) is 18.4. The van der Waals surface area contributed by atoms with Gasteiger partial charge >= 0.3 is 0 Å². The summed E-state index contributed by atoms with van der Waals surface area (Å²) in [5.41, 5.74) is 4.59. The van der Waals surface area contributed by atoms with Crippen molar-refractivity contribution in [3.8, 4) is 17.1 Å². The highest BCUT2D eigenvalue weighted by molar-refractivity contribution is 7.17. The van der Waals surface area contributed by atoms with Crippen LogP contribution in [-0.2, 0) is 0 Å². The highest BCUT2D eigenvalue weighted by Crippen LogP contribution is 2.28. The molecule has 0 saturated heterocycles. The Bertz CT molecular complexity index is 1330. The second kappa shape index (κ2) is 7.88. The van der Waals surface area contributed by atoms with Crippen molar-refractivity contribution in [2.45, 2.75) is 27.7 Å². The standard InChI is InChI=1S/C24H22N2O3S/c1-13-10-14(2)22-19(26-24-25-15(3)23(30-24)16(4)27)12-20(29-21(22)11-13)17-6-8-18(28-5)9-7-17/h6-12H,1-5H3/b26-19+. The molecule has 152 valence electrons. The number of nitrogens with zero attached hydrogens (tertiary/aromatic N) is 2. The molecule has 4 aromatic rings. The molecule has 0 aliphatic rings. The molecule has 0 unspecified atom stereocenters. The van der Waals surface area contributed by atoms with E-state index in [1.807, 2.05) is 57.2 Å². The summed E-state index contributed by atoms with van der Waals surface area (Å²) in [7, 11) is 1.64. The lowest BCUT2D eigenvalue weighted by molar-refractivity contribution is 0.102. The van der Waals surface area contributed by atoms with Crippen molar-refractivity contribution in [3.05, 3.63) is 69.5 Å². The van der Waals surface area contributed by atoms with E-state index in [4.69, 9.17) is 14.1 Å². The fourth-order valence-electron chi connectivity index (χ4n) is 3.53. The lowest BCUT2D eigenvalue weighted by Gasteiger charge is -2.08. The molecule has 2 aromatic carbocycles. The van der Waals surface area contributed by atoms with Crippen LogP contribution in [0, 0.1) is 20.8 Å². The van der Waals surface area contributed by atoms with Gasteiger partial charge in [-0.2, -0.15) is 0 Å². The zero-order chi connectivity index (χ0) is 21.4. The van der Waals surface area contributed by atoms with Crippen LogP contribution in [0.5, 0.6) is 5.75 Å². The summed E-state index contributed by atoms with van der Waals surface area (Å²) in [6.07, 6.45) is 0. The second-order valence-electron chi connectivity index (χ2n) is 7.26. The fraction of sp³-hybridized carbons (Fsp3) is 0.208. The molecule has 5 nitrogen and oxygen atoms in total. The number of benzene rings is 2. The van der Waals surface area contributed by atoms with E-state index in [1.54, 1.807) is 14.0 Å².